The number of ether oxygens (including phenoxy) is 2. The molecule has 0 spiro atoms. The fraction of sp³-hybridized carbons (Fsp3) is 0.524. The van der Waals surface area contributed by atoms with Crippen molar-refractivity contribution in [2.24, 2.45) is 5.92 Å². The summed E-state index contributed by atoms with van der Waals surface area (Å²) in [6.45, 7) is 5.99. The molecule has 1 fully saturated rings. The number of carbonyl (C=O) groups is 2. The molecule has 1 aliphatic heterocycles. The van der Waals surface area contributed by atoms with E-state index in [1.165, 1.54) is 19.1 Å². The zero-order chi connectivity index (χ0) is 21.4. The highest BCUT2D eigenvalue weighted by molar-refractivity contribution is 7.92. The Bertz CT molecular complexity index is 874. The van der Waals surface area contributed by atoms with Gasteiger partial charge in [-0.25, -0.2) is 8.42 Å². The summed E-state index contributed by atoms with van der Waals surface area (Å²) < 4.78 is 37.1. The van der Waals surface area contributed by atoms with Crippen LogP contribution in [0.3, 0.4) is 0 Å². The van der Waals surface area contributed by atoms with Gasteiger partial charge in [0, 0.05) is 20.0 Å². The highest BCUT2D eigenvalue weighted by Gasteiger charge is 2.43. The number of nitrogens with zero attached hydrogens (tertiary/aromatic N) is 1. The average molecular weight is 422 g/mol. The normalized spacial score (nSPS) is 15.8. The third-order valence-corrected chi connectivity index (χ3v) is 7.08. The fourth-order valence-corrected chi connectivity index (χ4v) is 5.29. The van der Waals surface area contributed by atoms with E-state index < -0.39 is 27.0 Å². The number of rotatable bonds is 7. The Hall–Kier alpha value is -2.53. The van der Waals surface area contributed by atoms with Gasteiger partial charge in [-0.05, 0) is 56.9 Å². The van der Waals surface area contributed by atoms with Gasteiger partial charge in [0.2, 0.25) is 5.91 Å². The van der Waals surface area contributed by atoms with E-state index in [0.29, 0.717) is 31.7 Å². The molecule has 8 heteroatoms. The van der Waals surface area contributed by atoms with Crippen LogP contribution in [0.1, 0.15) is 33.6 Å². The summed E-state index contributed by atoms with van der Waals surface area (Å²) in [6.07, 6.45) is 0.859. The molecule has 1 atom stereocenters. The Labute approximate surface area is 172 Å². The standard InChI is InChI=1S/C21H27NO6S/c1-4-6-15-28-18-7-9-19(10-8-18)29(25,26)20(21(24)27-5-2)17-11-13-22(14-12-17)16(3)23/h7-10,17,20H,5,11-15H2,1-3H3. The lowest BCUT2D eigenvalue weighted by Crippen LogP contribution is -2.45. The minimum atomic E-state index is -3.96. The molecule has 1 aliphatic rings. The van der Waals surface area contributed by atoms with Crippen LogP contribution >= 0.6 is 0 Å². The molecule has 158 valence electrons. The van der Waals surface area contributed by atoms with Crippen molar-refractivity contribution >= 4 is 21.7 Å². The second kappa shape index (κ2) is 10.3. The molecule has 1 unspecified atom stereocenters. The van der Waals surface area contributed by atoms with Crippen molar-refractivity contribution in [3.8, 4) is 17.6 Å². The lowest BCUT2D eigenvalue weighted by molar-refractivity contribution is -0.144. The van der Waals surface area contributed by atoms with Crippen molar-refractivity contribution in [1.82, 2.24) is 4.90 Å². The molecule has 1 aromatic carbocycles. The van der Waals surface area contributed by atoms with Gasteiger partial charge < -0.3 is 14.4 Å². The van der Waals surface area contributed by atoms with Gasteiger partial charge in [-0.15, -0.1) is 5.92 Å². The van der Waals surface area contributed by atoms with E-state index >= 15 is 0 Å². The van der Waals surface area contributed by atoms with Crippen molar-refractivity contribution in [3.05, 3.63) is 24.3 Å². The van der Waals surface area contributed by atoms with E-state index in [9.17, 15) is 18.0 Å². The maximum absolute atomic E-state index is 13.3. The maximum atomic E-state index is 13.3. The van der Waals surface area contributed by atoms with E-state index in [4.69, 9.17) is 9.47 Å². The van der Waals surface area contributed by atoms with Gasteiger partial charge in [-0.3, -0.25) is 9.59 Å². The minimum Gasteiger partial charge on any atom is -0.481 e. The molecule has 2 rings (SSSR count). The van der Waals surface area contributed by atoms with Gasteiger partial charge in [0.25, 0.3) is 0 Å². The van der Waals surface area contributed by atoms with E-state index in [0.717, 1.165) is 0 Å². The highest BCUT2D eigenvalue weighted by Crippen LogP contribution is 2.31. The Balaban J connectivity index is 2.25. The van der Waals surface area contributed by atoms with Gasteiger partial charge in [0.05, 0.1) is 11.5 Å². The Morgan fingerprint density at radius 3 is 2.34 bits per heavy atom. The number of sulfone groups is 1. The summed E-state index contributed by atoms with van der Waals surface area (Å²) >= 11 is 0. The van der Waals surface area contributed by atoms with Crippen LogP contribution in [0.25, 0.3) is 0 Å². The zero-order valence-electron chi connectivity index (χ0n) is 17.0. The average Bonchev–Trinajstić information content (AvgIpc) is 2.69. The number of hydrogen-bond acceptors (Lipinski definition) is 6. The first-order valence-electron chi connectivity index (χ1n) is 9.59. The Kier molecular flexibility index (Phi) is 8.09. The summed E-state index contributed by atoms with van der Waals surface area (Å²) in [5.41, 5.74) is 0. The Morgan fingerprint density at radius 1 is 1.21 bits per heavy atom. The summed E-state index contributed by atoms with van der Waals surface area (Å²) in [5, 5.41) is -1.30. The summed E-state index contributed by atoms with van der Waals surface area (Å²) in [6, 6.07) is 5.96. The van der Waals surface area contributed by atoms with Crippen LogP contribution in [-0.2, 0) is 24.2 Å². The van der Waals surface area contributed by atoms with Gasteiger partial charge in [0.1, 0.15) is 12.4 Å². The van der Waals surface area contributed by atoms with Crippen LogP contribution in [0.5, 0.6) is 5.75 Å². The van der Waals surface area contributed by atoms with Crippen molar-refractivity contribution in [2.75, 3.05) is 26.3 Å². The van der Waals surface area contributed by atoms with Crippen LogP contribution in [0.4, 0.5) is 0 Å². The van der Waals surface area contributed by atoms with Crippen LogP contribution in [-0.4, -0.2) is 56.7 Å². The smallest absolute Gasteiger partial charge is 0.324 e. The molecular formula is C21H27NO6S. The van der Waals surface area contributed by atoms with Crippen LogP contribution < -0.4 is 4.74 Å². The summed E-state index contributed by atoms with van der Waals surface area (Å²) in [4.78, 5) is 25.9. The number of carbonyl (C=O) groups excluding carboxylic acids is 2. The minimum absolute atomic E-state index is 0.0403. The first-order chi connectivity index (χ1) is 13.8. The monoisotopic (exact) mass is 421 g/mol. The first-order valence-corrected chi connectivity index (χ1v) is 11.1. The van der Waals surface area contributed by atoms with Crippen molar-refractivity contribution in [3.63, 3.8) is 0 Å². The van der Waals surface area contributed by atoms with Crippen LogP contribution in [0.15, 0.2) is 29.2 Å². The SMILES string of the molecule is CC#CCOc1ccc(S(=O)(=O)C(C(=O)OCC)C2CCN(C(C)=O)CC2)cc1. The van der Waals surface area contributed by atoms with Crippen LogP contribution in [0.2, 0.25) is 0 Å². The molecule has 0 bridgehead atoms. The quantitative estimate of drug-likeness (QED) is 0.494. The maximum Gasteiger partial charge on any atom is 0.324 e. The first kappa shape index (κ1) is 22.8. The largest absolute Gasteiger partial charge is 0.481 e. The van der Waals surface area contributed by atoms with Gasteiger partial charge in [-0.1, -0.05) is 5.92 Å². The molecular weight excluding hydrogens is 394 g/mol. The molecule has 1 aromatic rings. The van der Waals surface area contributed by atoms with Gasteiger partial charge in [0.15, 0.2) is 15.1 Å². The molecule has 0 aliphatic carbocycles. The van der Waals surface area contributed by atoms with Crippen molar-refractivity contribution in [2.45, 2.75) is 43.8 Å². The highest BCUT2D eigenvalue weighted by atomic mass is 32.2. The fourth-order valence-electron chi connectivity index (χ4n) is 3.38. The lowest BCUT2D eigenvalue weighted by Gasteiger charge is -2.34. The van der Waals surface area contributed by atoms with Crippen molar-refractivity contribution < 1.29 is 27.5 Å². The number of benzene rings is 1. The van der Waals surface area contributed by atoms with E-state index in [-0.39, 0.29) is 24.0 Å². The second-order valence-corrected chi connectivity index (χ2v) is 8.82. The number of esters is 1. The lowest BCUT2D eigenvalue weighted by atomic mass is 9.93. The van der Waals surface area contributed by atoms with Gasteiger partial charge in [-0.2, -0.15) is 0 Å². The molecule has 0 saturated carbocycles. The predicted octanol–water partition coefficient (Wildman–Crippen LogP) is 2.05. The van der Waals surface area contributed by atoms with E-state index in [1.54, 1.807) is 30.9 Å². The number of piperidine rings is 1. The van der Waals surface area contributed by atoms with Crippen LogP contribution in [0, 0.1) is 17.8 Å². The number of likely N-dealkylation sites (tertiary alicyclic amines) is 1. The Morgan fingerprint density at radius 2 is 1.83 bits per heavy atom. The molecule has 29 heavy (non-hydrogen) atoms. The molecule has 1 saturated heterocycles. The van der Waals surface area contributed by atoms with Crippen molar-refractivity contribution in [1.29, 1.82) is 0 Å². The molecule has 0 aromatic heterocycles. The third-order valence-electron chi connectivity index (χ3n) is 4.91. The number of hydrogen-bond donors (Lipinski definition) is 0. The summed E-state index contributed by atoms with van der Waals surface area (Å²) in [5.74, 6) is 4.76. The topological polar surface area (TPSA) is 90.0 Å². The third kappa shape index (κ3) is 5.73. The molecule has 1 heterocycles. The molecule has 7 nitrogen and oxygen atoms in total. The van der Waals surface area contributed by atoms with E-state index in [2.05, 4.69) is 11.8 Å². The van der Waals surface area contributed by atoms with E-state index in [1.807, 2.05) is 0 Å². The molecule has 0 N–H and O–H groups in total. The number of amides is 1. The predicted molar refractivity (Wildman–Crippen MR) is 108 cm³/mol. The molecule has 1 amide bonds. The second-order valence-electron chi connectivity index (χ2n) is 6.75. The summed E-state index contributed by atoms with van der Waals surface area (Å²) in [7, 11) is -3.96. The molecule has 0 radical (unpaired) electrons. The van der Waals surface area contributed by atoms with Gasteiger partial charge >= 0.3 is 5.97 Å². The zero-order valence-corrected chi connectivity index (χ0v) is 17.8.